The third-order valence-corrected chi connectivity index (χ3v) is 5.07. The van der Waals surface area contributed by atoms with E-state index in [1.165, 1.54) is 11.1 Å². The van der Waals surface area contributed by atoms with Gasteiger partial charge in [-0.25, -0.2) is 0 Å². The Kier molecular flexibility index (Phi) is 7.36. The van der Waals surface area contributed by atoms with Gasteiger partial charge in [0.25, 0.3) is 0 Å². The van der Waals surface area contributed by atoms with Gasteiger partial charge < -0.3 is 9.47 Å². The Bertz CT molecular complexity index is 989. The SMILES string of the molecule is COC1(C=O)C=CC(c2ccccc2)=CC1.COc1ccc(-c2ccccc2)cc1. The average Bonchev–Trinajstić information content (AvgIpc) is 2.85. The molecule has 0 saturated carbocycles. The molecule has 0 saturated heterocycles. The highest BCUT2D eigenvalue weighted by atomic mass is 16.5. The van der Waals surface area contributed by atoms with Gasteiger partial charge in [0.05, 0.1) is 7.11 Å². The van der Waals surface area contributed by atoms with Crippen LogP contribution in [0, 0.1) is 0 Å². The first-order chi connectivity index (χ1) is 14.7. The second kappa shape index (κ2) is 10.4. The molecule has 3 aromatic carbocycles. The van der Waals surface area contributed by atoms with Gasteiger partial charge in [-0.2, -0.15) is 0 Å². The van der Waals surface area contributed by atoms with E-state index < -0.39 is 5.60 Å². The van der Waals surface area contributed by atoms with E-state index in [4.69, 9.17) is 9.47 Å². The van der Waals surface area contributed by atoms with Crippen molar-refractivity contribution >= 4 is 11.9 Å². The molecule has 0 N–H and O–H groups in total. The molecule has 152 valence electrons. The highest BCUT2D eigenvalue weighted by Crippen LogP contribution is 2.27. The minimum atomic E-state index is -0.766. The Morgan fingerprint density at radius 2 is 1.33 bits per heavy atom. The Hall–Kier alpha value is -3.43. The summed E-state index contributed by atoms with van der Waals surface area (Å²) in [6.07, 6.45) is 7.24. The minimum Gasteiger partial charge on any atom is -0.497 e. The number of aldehydes is 1. The minimum absolute atomic E-state index is 0.591. The Morgan fingerprint density at radius 1 is 0.767 bits per heavy atom. The lowest BCUT2D eigenvalue weighted by atomic mass is 9.90. The number of rotatable bonds is 5. The lowest BCUT2D eigenvalue weighted by molar-refractivity contribution is -0.122. The summed E-state index contributed by atoms with van der Waals surface area (Å²) in [5, 5.41) is 0. The second-order valence-electron chi connectivity index (χ2n) is 6.93. The molecule has 1 unspecified atom stereocenters. The van der Waals surface area contributed by atoms with E-state index in [0.717, 1.165) is 23.2 Å². The molecule has 0 fully saturated rings. The predicted octanol–water partition coefficient (Wildman–Crippen LogP) is 5.98. The number of hydrogen-bond donors (Lipinski definition) is 0. The molecule has 0 bridgehead atoms. The fraction of sp³-hybridized carbons (Fsp3) is 0.148. The lowest BCUT2D eigenvalue weighted by Gasteiger charge is -2.24. The first-order valence-electron chi connectivity index (χ1n) is 9.85. The van der Waals surface area contributed by atoms with Crippen LogP contribution in [0.15, 0.2) is 103 Å². The number of ether oxygens (including phenoxy) is 2. The van der Waals surface area contributed by atoms with Gasteiger partial charge >= 0.3 is 0 Å². The number of methoxy groups -OCH3 is 2. The molecular weight excluding hydrogens is 372 g/mol. The summed E-state index contributed by atoms with van der Waals surface area (Å²) < 4.78 is 10.3. The third kappa shape index (κ3) is 5.34. The molecule has 1 aliphatic rings. The van der Waals surface area contributed by atoms with Gasteiger partial charge in [0.2, 0.25) is 0 Å². The highest BCUT2D eigenvalue weighted by molar-refractivity contribution is 5.79. The third-order valence-electron chi connectivity index (χ3n) is 5.07. The zero-order valence-electron chi connectivity index (χ0n) is 17.3. The van der Waals surface area contributed by atoms with Crippen molar-refractivity contribution in [2.24, 2.45) is 0 Å². The largest absolute Gasteiger partial charge is 0.497 e. The van der Waals surface area contributed by atoms with E-state index >= 15 is 0 Å². The van der Waals surface area contributed by atoms with Crippen molar-refractivity contribution < 1.29 is 14.3 Å². The lowest BCUT2D eigenvalue weighted by Crippen LogP contribution is -2.31. The number of carbonyl (C=O) groups is 1. The van der Waals surface area contributed by atoms with Gasteiger partial charge in [0.1, 0.15) is 11.4 Å². The van der Waals surface area contributed by atoms with Gasteiger partial charge in [-0.3, -0.25) is 4.79 Å². The van der Waals surface area contributed by atoms with Crippen molar-refractivity contribution in [3.63, 3.8) is 0 Å². The van der Waals surface area contributed by atoms with Crippen LogP contribution in [-0.2, 0) is 9.53 Å². The molecule has 1 atom stereocenters. The Balaban J connectivity index is 0.000000172. The maximum atomic E-state index is 11.0. The zero-order chi connectivity index (χ0) is 21.2. The summed E-state index contributed by atoms with van der Waals surface area (Å²) in [5.74, 6) is 0.893. The van der Waals surface area contributed by atoms with E-state index in [1.807, 2.05) is 66.8 Å². The van der Waals surface area contributed by atoms with Crippen LogP contribution in [0.25, 0.3) is 16.7 Å². The van der Waals surface area contributed by atoms with E-state index in [9.17, 15) is 4.79 Å². The van der Waals surface area contributed by atoms with E-state index in [0.29, 0.717) is 6.42 Å². The topological polar surface area (TPSA) is 35.5 Å². The fourth-order valence-corrected chi connectivity index (χ4v) is 3.18. The molecule has 30 heavy (non-hydrogen) atoms. The molecule has 0 heterocycles. The molecule has 0 spiro atoms. The standard InChI is InChI=1S/C14H14O2.C13H12O/c1-16-14(11-15)9-7-13(8-10-14)12-5-3-2-4-6-12;1-14-13-9-7-12(8-10-13)11-5-3-2-4-6-11/h2-9,11H,10H2,1H3;2-10H,1H3. The fourth-order valence-electron chi connectivity index (χ4n) is 3.18. The summed E-state index contributed by atoms with van der Waals surface area (Å²) >= 11 is 0. The van der Waals surface area contributed by atoms with Crippen molar-refractivity contribution in [2.75, 3.05) is 14.2 Å². The summed E-state index contributed by atoms with van der Waals surface area (Å²) in [7, 11) is 3.23. The first-order valence-corrected chi connectivity index (χ1v) is 9.85. The van der Waals surface area contributed by atoms with Crippen molar-refractivity contribution in [1.29, 1.82) is 0 Å². The molecule has 3 aromatic rings. The van der Waals surface area contributed by atoms with Crippen LogP contribution in [0.4, 0.5) is 0 Å². The number of allylic oxidation sites excluding steroid dienone is 2. The van der Waals surface area contributed by atoms with E-state index in [-0.39, 0.29) is 0 Å². The first kappa shape index (κ1) is 21.3. The molecular formula is C27H26O3. The molecule has 0 aliphatic heterocycles. The maximum absolute atomic E-state index is 11.0. The Labute approximate surface area is 178 Å². The molecule has 0 amide bonds. The van der Waals surface area contributed by atoms with Gasteiger partial charge in [-0.1, -0.05) is 84.9 Å². The monoisotopic (exact) mass is 398 g/mol. The van der Waals surface area contributed by atoms with Crippen LogP contribution in [0.5, 0.6) is 5.75 Å². The normalized spacial score (nSPS) is 17.3. The summed E-state index contributed by atoms with van der Waals surface area (Å²) in [6.45, 7) is 0. The predicted molar refractivity (Wildman–Crippen MR) is 122 cm³/mol. The summed E-state index contributed by atoms with van der Waals surface area (Å²) in [5.41, 5.74) is 3.98. The van der Waals surface area contributed by atoms with Crippen molar-refractivity contribution in [2.45, 2.75) is 12.0 Å². The molecule has 3 heteroatoms. The van der Waals surface area contributed by atoms with Gasteiger partial charge in [0.15, 0.2) is 6.29 Å². The molecule has 0 radical (unpaired) electrons. The van der Waals surface area contributed by atoms with E-state index in [1.54, 1.807) is 14.2 Å². The number of benzene rings is 3. The Morgan fingerprint density at radius 3 is 1.80 bits per heavy atom. The van der Waals surface area contributed by atoms with Crippen molar-refractivity contribution in [1.82, 2.24) is 0 Å². The van der Waals surface area contributed by atoms with E-state index in [2.05, 4.69) is 36.4 Å². The average molecular weight is 399 g/mol. The number of hydrogen-bond acceptors (Lipinski definition) is 3. The van der Waals surface area contributed by atoms with Crippen LogP contribution >= 0.6 is 0 Å². The van der Waals surface area contributed by atoms with Crippen LogP contribution in [0.3, 0.4) is 0 Å². The molecule has 4 rings (SSSR count). The quantitative estimate of drug-likeness (QED) is 0.496. The molecule has 0 aromatic heterocycles. The summed E-state index contributed by atoms with van der Waals surface area (Å²) in [6, 6.07) is 28.5. The summed E-state index contributed by atoms with van der Waals surface area (Å²) in [4.78, 5) is 11.0. The maximum Gasteiger partial charge on any atom is 0.156 e. The van der Waals surface area contributed by atoms with Crippen LogP contribution in [-0.4, -0.2) is 26.1 Å². The van der Waals surface area contributed by atoms with Gasteiger partial charge in [0, 0.05) is 13.5 Å². The molecule has 3 nitrogen and oxygen atoms in total. The van der Waals surface area contributed by atoms with Crippen LogP contribution in [0.2, 0.25) is 0 Å². The van der Waals surface area contributed by atoms with Crippen molar-refractivity contribution in [3.8, 4) is 16.9 Å². The van der Waals surface area contributed by atoms with Gasteiger partial charge in [-0.15, -0.1) is 0 Å². The van der Waals surface area contributed by atoms with Crippen molar-refractivity contribution in [3.05, 3.63) is 109 Å². The van der Waals surface area contributed by atoms with Gasteiger partial charge in [-0.05, 0) is 40.5 Å². The smallest absolute Gasteiger partial charge is 0.156 e. The zero-order valence-corrected chi connectivity index (χ0v) is 17.3. The number of carbonyl (C=O) groups excluding carboxylic acids is 1. The molecule has 1 aliphatic carbocycles. The van der Waals surface area contributed by atoms with Crippen LogP contribution in [0.1, 0.15) is 12.0 Å². The van der Waals surface area contributed by atoms with Crippen LogP contribution < -0.4 is 4.74 Å². The highest BCUT2D eigenvalue weighted by Gasteiger charge is 2.27. The second-order valence-corrected chi connectivity index (χ2v) is 6.93.